The highest BCUT2D eigenvalue weighted by Gasteiger charge is 2.33. The predicted octanol–water partition coefficient (Wildman–Crippen LogP) is 3.57. The standard InChI is InChI=1S/C17H26N2O2S/c1-12-7-8-19(15(9-12)17(20)21-2)11-14-10-18-16(22-14)13-5-3-4-6-13/h10,12-13,15H,3-9,11H2,1-2H3/t12-,15+/m1/s1. The number of hydrogen-bond acceptors (Lipinski definition) is 5. The molecule has 1 saturated heterocycles. The highest BCUT2D eigenvalue weighted by atomic mass is 32.1. The van der Waals surface area contributed by atoms with Crippen LogP contribution < -0.4 is 0 Å². The first kappa shape index (κ1) is 15.9. The second kappa shape index (κ2) is 7.09. The number of methoxy groups -OCH3 is 1. The molecule has 2 atom stereocenters. The first-order chi connectivity index (χ1) is 10.7. The van der Waals surface area contributed by atoms with Crippen LogP contribution in [0, 0.1) is 5.92 Å². The molecule has 0 spiro atoms. The molecule has 0 unspecified atom stereocenters. The summed E-state index contributed by atoms with van der Waals surface area (Å²) in [6.45, 7) is 4.02. The normalized spacial score (nSPS) is 27.2. The number of carbonyl (C=O) groups excluding carboxylic acids is 1. The highest BCUT2D eigenvalue weighted by molar-refractivity contribution is 7.11. The van der Waals surface area contributed by atoms with E-state index in [0.717, 1.165) is 25.9 Å². The number of hydrogen-bond donors (Lipinski definition) is 0. The van der Waals surface area contributed by atoms with Gasteiger partial charge in [0.05, 0.1) is 12.1 Å². The zero-order valence-corrected chi connectivity index (χ0v) is 14.4. The van der Waals surface area contributed by atoms with Gasteiger partial charge in [-0.2, -0.15) is 0 Å². The second-order valence-corrected chi connectivity index (χ2v) is 7.93. The van der Waals surface area contributed by atoms with E-state index in [4.69, 9.17) is 4.74 Å². The van der Waals surface area contributed by atoms with Crippen LogP contribution in [0.15, 0.2) is 6.20 Å². The van der Waals surface area contributed by atoms with Gasteiger partial charge in [0.25, 0.3) is 0 Å². The third-order valence-electron chi connectivity index (χ3n) is 5.08. The van der Waals surface area contributed by atoms with E-state index >= 15 is 0 Å². The van der Waals surface area contributed by atoms with E-state index in [1.165, 1.54) is 42.7 Å². The molecule has 2 fully saturated rings. The molecule has 122 valence electrons. The summed E-state index contributed by atoms with van der Waals surface area (Å²) < 4.78 is 5.00. The number of piperidine rings is 1. The van der Waals surface area contributed by atoms with Crippen LogP contribution >= 0.6 is 11.3 Å². The molecule has 1 aromatic heterocycles. The molecule has 1 aliphatic carbocycles. The molecule has 1 aromatic rings. The molecule has 0 N–H and O–H groups in total. The molecule has 22 heavy (non-hydrogen) atoms. The molecule has 2 heterocycles. The first-order valence-electron chi connectivity index (χ1n) is 8.44. The lowest BCUT2D eigenvalue weighted by Crippen LogP contribution is -2.46. The number of esters is 1. The smallest absolute Gasteiger partial charge is 0.323 e. The van der Waals surface area contributed by atoms with Crippen molar-refractivity contribution in [3.8, 4) is 0 Å². The fourth-order valence-corrected chi connectivity index (χ4v) is 4.83. The van der Waals surface area contributed by atoms with E-state index in [0.29, 0.717) is 11.8 Å². The summed E-state index contributed by atoms with van der Waals surface area (Å²) in [5.41, 5.74) is 0. The monoisotopic (exact) mass is 322 g/mol. The minimum Gasteiger partial charge on any atom is -0.468 e. The molecule has 1 saturated carbocycles. The van der Waals surface area contributed by atoms with Crippen molar-refractivity contribution in [2.75, 3.05) is 13.7 Å². The summed E-state index contributed by atoms with van der Waals surface area (Å²) in [4.78, 5) is 20.3. The van der Waals surface area contributed by atoms with Gasteiger partial charge in [0.2, 0.25) is 0 Å². The van der Waals surface area contributed by atoms with Gasteiger partial charge in [-0.05, 0) is 38.1 Å². The van der Waals surface area contributed by atoms with Crippen molar-refractivity contribution in [3.05, 3.63) is 16.1 Å². The molecule has 0 aromatic carbocycles. The molecule has 0 amide bonds. The van der Waals surface area contributed by atoms with Crippen LogP contribution in [-0.2, 0) is 16.1 Å². The van der Waals surface area contributed by atoms with Crippen LogP contribution in [0.4, 0.5) is 0 Å². The van der Waals surface area contributed by atoms with Crippen molar-refractivity contribution in [3.63, 3.8) is 0 Å². The van der Waals surface area contributed by atoms with E-state index in [9.17, 15) is 4.79 Å². The maximum absolute atomic E-state index is 12.1. The number of ether oxygens (including phenoxy) is 1. The van der Waals surface area contributed by atoms with Crippen molar-refractivity contribution in [1.82, 2.24) is 9.88 Å². The molecule has 4 nitrogen and oxygen atoms in total. The maximum Gasteiger partial charge on any atom is 0.323 e. The first-order valence-corrected chi connectivity index (χ1v) is 9.25. The summed E-state index contributed by atoms with van der Waals surface area (Å²) in [5, 5.41) is 1.30. The lowest BCUT2D eigenvalue weighted by molar-refractivity contribution is -0.149. The van der Waals surface area contributed by atoms with Gasteiger partial charge in [-0.15, -0.1) is 11.3 Å². The van der Waals surface area contributed by atoms with E-state index in [2.05, 4.69) is 16.8 Å². The van der Waals surface area contributed by atoms with Crippen LogP contribution in [-0.4, -0.2) is 35.5 Å². The third kappa shape index (κ3) is 3.51. The van der Waals surface area contributed by atoms with Crippen LogP contribution in [0.1, 0.15) is 61.3 Å². The van der Waals surface area contributed by atoms with Gasteiger partial charge in [0.15, 0.2) is 0 Å². The molecule has 2 aliphatic rings. The van der Waals surface area contributed by atoms with Crippen LogP contribution in [0.3, 0.4) is 0 Å². The molecule has 0 bridgehead atoms. The Bertz CT molecular complexity index is 511. The number of likely N-dealkylation sites (tertiary alicyclic amines) is 1. The molecular weight excluding hydrogens is 296 g/mol. The molecule has 5 heteroatoms. The maximum atomic E-state index is 12.1. The largest absolute Gasteiger partial charge is 0.468 e. The Kier molecular flexibility index (Phi) is 5.14. The van der Waals surface area contributed by atoms with Gasteiger partial charge in [-0.1, -0.05) is 19.8 Å². The van der Waals surface area contributed by atoms with Crippen LogP contribution in [0.2, 0.25) is 0 Å². The van der Waals surface area contributed by atoms with Crippen molar-refractivity contribution in [2.24, 2.45) is 5.92 Å². The summed E-state index contributed by atoms with van der Waals surface area (Å²) in [7, 11) is 1.49. The third-order valence-corrected chi connectivity index (χ3v) is 6.23. The number of rotatable bonds is 4. The van der Waals surface area contributed by atoms with Gasteiger partial charge in [-0.3, -0.25) is 9.69 Å². The predicted molar refractivity (Wildman–Crippen MR) is 87.9 cm³/mol. The summed E-state index contributed by atoms with van der Waals surface area (Å²) in [6.07, 6.45) is 9.34. The van der Waals surface area contributed by atoms with Crippen molar-refractivity contribution in [2.45, 2.75) is 64.0 Å². The van der Waals surface area contributed by atoms with E-state index in [1.54, 1.807) is 0 Å². The highest BCUT2D eigenvalue weighted by Crippen LogP contribution is 2.36. The van der Waals surface area contributed by atoms with Crippen molar-refractivity contribution < 1.29 is 9.53 Å². The second-order valence-electron chi connectivity index (χ2n) is 6.79. The molecular formula is C17H26N2O2S. The molecule has 1 aliphatic heterocycles. The average molecular weight is 322 g/mol. The zero-order chi connectivity index (χ0) is 15.5. The summed E-state index contributed by atoms with van der Waals surface area (Å²) >= 11 is 1.84. The fourth-order valence-electron chi connectivity index (χ4n) is 3.72. The minimum absolute atomic E-state index is 0.0907. The van der Waals surface area contributed by atoms with Crippen LogP contribution in [0.25, 0.3) is 0 Å². The quantitative estimate of drug-likeness (QED) is 0.795. The summed E-state index contributed by atoms with van der Waals surface area (Å²) in [6, 6.07) is -0.0919. The Labute approximate surface area is 136 Å². The Morgan fingerprint density at radius 3 is 2.91 bits per heavy atom. The Hall–Kier alpha value is -0.940. The van der Waals surface area contributed by atoms with Gasteiger partial charge in [-0.25, -0.2) is 4.98 Å². The van der Waals surface area contributed by atoms with Crippen LogP contribution in [0.5, 0.6) is 0 Å². The topological polar surface area (TPSA) is 42.4 Å². The minimum atomic E-state index is -0.0919. The fraction of sp³-hybridized carbons (Fsp3) is 0.765. The van der Waals surface area contributed by atoms with Crippen molar-refractivity contribution in [1.29, 1.82) is 0 Å². The van der Waals surface area contributed by atoms with Gasteiger partial charge < -0.3 is 4.74 Å². The summed E-state index contributed by atoms with van der Waals surface area (Å²) in [5.74, 6) is 1.18. The van der Waals surface area contributed by atoms with E-state index < -0.39 is 0 Å². The Balaban J connectivity index is 1.66. The Morgan fingerprint density at radius 2 is 2.18 bits per heavy atom. The SMILES string of the molecule is COC(=O)[C@@H]1C[C@H](C)CCN1Cc1cnc(C2CCCC2)s1. The zero-order valence-electron chi connectivity index (χ0n) is 13.6. The number of thiazole rings is 1. The van der Waals surface area contributed by atoms with Gasteiger partial charge in [0, 0.05) is 23.5 Å². The van der Waals surface area contributed by atoms with E-state index in [-0.39, 0.29) is 12.0 Å². The number of nitrogens with zero attached hydrogens (tertiary/aromatic N) is 2. The number of aromatic nitrogens is 1. The molecule has 0 radical (unpaired) electrons. The Morgan fingerprint density at radius 1 is 1.41 bits per heavy atom. The number of carbonyl (C=O) groups is 1. The van der Waals surface area contributed by atoms with Gasteiger partial charge in [0.1, 0.15) is 6.04 Å². The average Bonchev–Trinajstić information content (AvgIpc) is 3.19. The molecule has 3 rings (SSSR count). The van der Waals surface area contributed by atoms with Crippen molar-refractivity contribution >= 4 is 17.3 Å². The van der Waals surface area contributed by atoms with Gasteiger partial charge >= 0.3 is 5.97 Å². The lowest BCUT2D eigenvalue weighted by atomic mass is 9.92. The van der Waals surface area contributed by atoms with E-state index in [1.807, 2.05) is 17.5 Å². The lowest BCUT2D eigenvalue weighted by Gasteiger charge is -2.36.